The molecule has 0 bridgehead atoms. The van der Waals surface area contributed by atoms with Crippen LogP contribution in [0.5, 0.6) is 0 Å². The maximum Gasteiger partial charge on any atom is 0.160 e. The number of pyridine rings is 1. The van der Waals surface area contributed by atoms with E-state index in [0.29, 0.717) is 5.82 Å². The maximum absolute atomic E-state index is 5.44. The first-order valence-corrected chi connectivity index (χ1v) is 19.8. The van der Waals surface area contributed by atoms with E-state index in [1.165, 1.54) is 0 Å². The molecule has 0 amide bonds. The first kappa shape index (κ1) is 34.2. The summed E-state index contributed by atoms with van der Waals surface area (Å²) in [5.74, 6) is 1.59. The average molecular weight is 754 g/mol. The van der Waals surface area contributed by atoms with Gasteiger partial charge in [-0.3, -0.25) is 4.57 Å². The second-order valence-corrected chi connectivity index (χ2v) is 14.7. The second-order valence-electron chi connectivity index (χ2n) is 14.7. The zero-order valence-electron chi connectivity index (χ0n) is 31.9. The van der Waals surface area contributed by atoms with Crippen molar-refractivity contribution in [2.75, 3.05) is 0 Å². The number of hydrogen-bond acceptors (Lipinski definition) is 4. The van der Waals surface area contributed by atoms with Gasteiger partial charge in [0.15, 0.2) is 5.82 Å². The van der Waals surface area contributed by atoms with Crippen molar-refractivity contribution in [1.82, 2.24) is 24.5 Å². The van der Waals surface area contributed by atoms with E-state index in [-0.39, 0.29) is 0 Å². The Balaban J connectivity index is 1.01. The van der Waals surface area contributed by atoms with Gasteiger partial charge in [0.25, 0.3) is 0 Å². The van der Waals surface area contributed by atoms with Gasteiger partial charge in [0.1, 0.15) is 5.82 Å². The first-order chi connectivity index (χ1) is 29.2. The fraction of sp³-hybridized carbons (Fsp3) is 0. The smallest absolute Gasteiger partial charge is 0.160 e. The Hall–Kier alpha value is -8.02. The van der Waals surface area contributed by atoms with Crippen LogP contribution < -0.4 is 0 Å². The number of hydrogen-bond donors (Lipinski definition) is 0. The average Bonchev–Trinajstić information content (AvgIpc) is 3.72. The lowest BCUT2D eigenvalue weighted by atomic mass is 9.97. The first-order valence-electron chi connectivity index (χ1n) is 19.8. The number of imidazole rings is 1. The third kappa shape index (κ3) is 6.22. The highest BCUT2D eigenvalue weighted by Gasteiger charge is 2.21. The largest absolute Gasteiger partial charge is 0.292 e. The van der Waals surface area contributed by atoms with Gasteiger partial charge >= 0.3 is 0 Å². The fourth-order valence-electron chi connectivity index (χ4n) is 8.13. The van der Waals surface area contributed by atoms with E-state index in [4.69, 9.17) is 19.9 Å². The van der Waals surface area contributed by atoms with Gasteiger partial charge in [-0.1, -0.05) is 182 Å². The van der Waals surface area contributed by atoms with E-state index < -0.39 is 0 Å². The van der Waals surface area contributed by atoms with Crippen molar-refractivity contribution in [2.24, 2.45) is 0 Å². The monoisotopic (exact) mass is 753 g/mol. The summed E-state index contributed by atoms with van der Waals surface area (Å²) < 4.78 is 2.27. The van der Waals surface area contributed by atoms with Crippen LogP contribution in [0.15, 0.2) is 212 Å². The van der Waals surface area contributed by atoms with Crippen molar-refractivity contribution in [1.29, 1.82) is 0 Å². The number of benzene rings is 8. The van der Waals surface area contributed by atoms with Crippen molar-refractivity contribution >= 4 is 32.7 Å². The van der Waals surface area contributed by atoms with Crippen molar-refractivity contribution in [2.45, 2.75) is 0 Å². The summed E-state index contributed by atoms with van der Waals surface area (Å²) in [6.07, 6.45) is 0. The van der Waals surface area contributed by atoms with Crippen LogP contribution in [0.1, 0.15) is 0 Å². The molecular formula is C54H35N5. The highest BCUT2D eigenvalue weighted by Crippen LogP contribution is 2.40. The third-order valence-electron chi connectivity index (χ3n) is 11.0. The summed E-state index contributed by atoms with van der Waals surface area (Å²) >= 11 is 0. The maximum atomic E-state index is 5.44. The van der Waals surface area contributed by atoms with Crippen molar-refractivity contribution < 1.29 is 0 Å². The number of rotatable bonds is 7. The van der Waals surface area contributed by atoms with E-state index in [1.807, 2.05) is 48.5 Å². The Labute approximate surface area is 341 Å². The molecule has 3 heterocycles. The minimum atomic E-state index is 0.692. The number of para-hydroxylation sites is 2. The zero-order valence-corrected chi connectivity index (χ0v) is 31.9. The Kier molecular flexibility index (Phi) is 8.41. The topological polar surface area (TPSA) is 56.5 Å². The summed E-state index contributed by atoms with van der Waals surface area (Å²) in [6.45, 7) is 0. The van der Waals surface area contributed by atoms with Gasteiger partial charge in [-0.2, -0.15) is 0 Å². The molecule has 5 nitrogen and oxygen atoms in total. The summed E-state index contributed by atoms with van der Waals surface area (Å²) in [6, 6.07) is 73.6. The lowest BCUT2D eigenvalue weighted by Gasteiger charge is -2.13. The molecule has 5 heteroatoms. The van der Waals surface area contributed by atoms with Gasteiger partial charge in [0, 0.05) is 44.3 Å². The molecule has 11 rings (SSSR count). The third-order valence-corrected chi connectivity index (χ3v) is 11.0. The normalized spacial score (nSPS) is 11.4. The molecule has 59 heavy (non-hydrogen) atoms. The number of nitrogens with zero attached hydrogens (tertiary/aromatic N) is 5. The van der Waals surface area contributed by atoms with Crippen LogP contribution in [-0.2, 0) is 0 Å². The lowest BCUT2D eigenvalue weighted by Crippen LogP contribution is -1.97. The minimum absolute atomic E-state index is 0.692. The highest BCUT2D eigenvalue weighted by molar-refractivity contribution is 6.20. The molecule has 276 valence electrons. The van der Waals surface area contributed by atoms with E-state index in [1.54, 1.807) is 0 Å². The van der Waals surface area contributed by atoms with Crippen LogP contribution in [0.2, 0.25) is 0 Å². The molecule has 0 saturated heterocycles. The quantitative estimate of drug-likeness (QED) is 0.152. The highest BCUT2D eigenvalue weighted by atomic mass is 15.1. The summed E-state index contributed by atoms with van der Waals surface area (Å²) in [4.78, 5) is 20.9. The zero-order chi connectivity index (χ0) is 39.1. The molecule has 0 saturated carbocycles. The second kappa shape index (κ2) is 14.5. The van der Waals surface area contributed by atoms with E-state index in [0.717, 1.165) is 100 Å². The van der Waals surface area contributed by atoms with E-state index in [9.17, 15) is 0 Å². The molecule has 0 fully saturated rings. The standard InChI is InChI=1S/C54H35N5/c1-5-15-38(16-6-1)47-35-48(39-17-7-2-8-18-39)57-53(56-47)41-31-27-37(28-32-41)36-25-29-40(30-26-36)51-50-45(44-23-13-14-24-46(44)55-51)33-34-49-52(50)58-54(42-19-9-3-10-20-42)59(49)43-21-11-4-12-22-43/h1-35H. The van der Waals surface area contributed by atoms with Crippen LogP contribution in [0.25, 0.3) is 106 Å². The predicted octanol–water partition coefficient (Wildman–Crippen LogP) is 13.5. The molecule has 8 aromatic carbocycles. The Morgan fingerprint density at radius 3 is 1.46 bits per heavy atom. The lowest BCUT2D eigenvalue weighted by molar-refractivity contribution is 1.10. The van der Waals surface area contributed by atoms with Crippen molar-refractivity contribution in [3.05, 3.63) is 212 Å². The van der Waals surface area contributed by atoms with Crippen molar-refractivity contribution in [3.63, 3.8) is 0 Å². The Bertz CT molecular complexity index is 3210. The van der Waals surface area contributed by atoms with Gasteiger partial charge in [-0.15, -0.1) is 0 Å². The Morgan fingerprint density at radius 2 is 0.847 bits per heavy atom. The van der Waals surface area contributed by atoms with Gasteiger partial charge in [-0.25, -0.2) is 19.9 Å². The molecule has 3 aromatic heterocycles. The summed E-state index contributed by atoms with van der Waals surface area (Å²) in [5.41, 5.74) is 14.0. The van der Waals surface area contributed by atoms with Gasteiger partial charge in [0.2, 0.25) is 0 Å². The summed E-state index contributed by atoms with van der Waals surface area (Å²) in [7, 11) is 0. The van der Waals surface area contributed by atoms with Crippen LogP contribution in [0.4, 0.5) is 0 Å². The van der Waals surface area contributed by atoms with Gasteiger partial charge in [-0.05, 0) is 46.8 Å². The molecule has 0 aliphatic rings. The molecule has 0 aliphatic heterocycles. The van der Waals surface area contributed by atoms with Gasteiger partial charge in [0.05, 0.1) is 33.6 Å². The number of aromatic nitrogens is 5. The molecule has 0 radical (unpaired) electrons. The molecule has 0 unspecified atom stereocenters. The van der Waals surface area contributed by atoms with Crippen LogP contribution in [0.3, 0.4) is 0 Å². The minimum Gasteiger partial charge on any atom is -0.292 e. The van der Waals surface area contributed by atoms with Crippen LogP contribution in [-0.4, -0.2) is 24.5 Å². The van der Waals surface area contributed by atoms with Crippen molar-refractivity contribution in [3.8, 4) is 73.4 Å². The Morgan fingerprint density at radius 1 is 0.339 bits per heavy atom. The van der Waals surface area contributed by atoms with Crippen LogP contribution >= 0.6 is 0 Å². The summed E-state index contributed by atoms with van der Waals surface area (Å²) in [5, 5.41) is 3.27. The number of fused-ring (bicyclic) bond motifs is 5. The van der Waals surface area contributed by atoms with E-state index in [2.05, 4.69) is 168 Å². The van der Waals surface area contributed by atoms with Crippen LogP contribution in [0, 0.1) is 0 Å². The molecule has 0 atom stereocenters. The van der Waals surface area contributed by atoms with E-state index >= 15 is 0 Å². The fourth-order valence-corrected chi connectivity index (χ4v) is 8.13. The molecule has 0 spiro atoms. The molecule has 0 N–H and O–H groups in total. The van der Waals surface area contributed by atoms with Gasteiger partial charge < -0.3 is 0 Å². The predicted molar refractivity (Wildman–Crippen MR) is 242 cm³/mol. The molecule has 0 aliphatic carbocycles. The molecular weight excluding hydrogens is 719 g/mol. The molecule has 11 aromatic rings. The SMILES string of the molecule is c1ccc(-c2cc(-c3ccccc3)nc(-c3ccc(-c4ccc(-c5nc6ccccc6c6ccc7c(nc(-c8ccccc8)n7-c7ccccc7)c56)cc4)cc3)n2)cc1.